The van der Waals surface area contributed by atoms with E-state index >= 15 is 0 Å². The van der Waals surface area contributed by atoms with E-state index in [1.165, 1.54) is 24.0 Å². The number of oxime groups is 1. The van der Waals surface area contributed by atoms with Crippen LogP contribution in [0.4, 0.5) is 5.69 Å². The molecule has 0 N–H and O–H groups in total. The van der Waals surface area contributed by atoms with Crippen LogP contribution in [0.25, 0.3) is 0 Å². The zero-order valence-electron chi connectivity index (χ0n) is 15.3. The molecule has 0 saturated heterocycles. The van der Waals surface area contributed by atoms with Crippen LogP contribution in [0.5, 0.6) is 0 Å². The summed E-state index contributed by atoms with van der Waals surface area (Å²) < 4.78 is 0. The number of nitro benzene ring substituents is 1. The molecule has 0 aliphatic heterocycles. The molecule has 0 bridgehead atoms. The van der Waals surface area contributed by atoms with Crippen LogP contribution >= 0.6 is 35.0 Å². The van der Waals surface area contributed by atoms with E-state index < -0.39 is 4.92 Å². The van der Waals surface area contributed by atoms with Crippen LogP contribution in [0.2, 0.25) is 10.0 Å². The Balaban J connectivity index is 1.68. The van der Waals surface area contributed by atoms with E-state index in [4.69, 9.17) is 28.0 Å². The summed E-state index contributed by atoms with van der Waals surface area (Å²) >= 11 is 13.2. The number of benzene rings is 3. The van der Waals surface area contributed by atoms with Gasteiger partial charge in [0, 0.05) is 16.5 Å². The molecule has 0 saturated carbocycles. The summed E-state index contributed by atoms with van der Waals surface area (Å²) in [4.78, 5) is 17.8. The lowest BCUT2D eigenvalue weighted by Gasteiger charge is -2.05. The predicted octanol–water partition coefficient (Wildman–Crippen LogP) is 6.91. The van der Waals surface area contributed by atoms with Crippen LogP contribution in [-0.4, -0.2) is 11.1 Å². The first kappa shape index (κ1) is 21.2. The van der Waals surface area contributed by atoms with Crippen molar-refractivity contribution in [3.63, 3.8) is 0 Å². The van der Waals surface area contributed by atoms with Gasteiger partial charge in [0.15, 0.2) is 0 Å². The number of hydrogen-bond acceptors (Lipinski definition) is 5. The van der Waals surface area contributed by atoms with E-state index in [1.54, 1.807) is 30.3 Å². The van der Waals surface area contributed by atoms with Gasteiger partial charge in [-0.25, -0.2) is 0 Å². The van der Waals surface area contributed by atoms with E-state index in [-0.39, 0.29) is 12.3 Å². The Labute approximate surface area is 182 Å². The molecule has 0 aromatic heterocycles. The van der Waals surface area contributed by atoms with Crippen LogP contribution in [0, 0.1) is 17.0 Å². The van der Waals surface area contributed by atoms with Gasteiger partial charge >= 0.3 is 0 Å². The van der Waals surface area contributed by atoms with Crippen molar-refractivity contribution in [2.75, 3.05) is 0 Å². The van der Waals surface area contributed by atoms with E-state index in [0.29, 0.717) is 20.5 Å². The summed E-state index contributed by atoms with van der Waals surface area (Å²) in [6.07, 6.45) is 1.44. The summed E-state index contributed by atoms with van der Waals surface area (Å²) in [6.45, 7) is 2.20. The maximum absolute atomic E-state index is 11.5. The molecule has 0 spiro atoms. The van der Waals surface area contributed by atoms with Crippen molar-refractivity contribution in [2.45, 2.75) is 23.3 Å². The summed E-state index contributed by atoms with van der Waals surface area (Å²) in [6, 6.07) is 17.9. The molecule has 148 valence electrons. The Morgan fingerprint density at radius 3 is 2.52 bits per heavy atom. The normalized spacial score (nSPS) is 11.0. The minimum absolute atomic E-state index is 0.0176. The summed E-state index contributed by atoms with van der Waals surface area (Å²) in [7, 11) is 0. The van der Waals surface area contributed by atoms with Crippen LogP contribution in [0.15, 0.2) is 75.6 Å². The number of nitrogens with zero attached hydrogens (tertiary/aromatic N) is 2. The number of hydrogen-bond donors (Lipinski definition) is 0. The van der Waals surface area contributed by atoms with Crippen LogP contribution in [0.3, 0.4) is 0 Å². The molecule has 0 atom stereocenters. The first-order valence-corrected chi connectivity index (χ1v) is 10.1. The maximum Gasteiger partial charge on any atom is 0.283 e. The topological polar surface area (TPSA) is 64.7 Å². The third-order valence-electron chi connectivity index (χ3n) is 3.92. The molecule has 8 heteroatoms. The zero-order chi connectivity index (χ0) is 20.8. The van der Waals surface area contributed by atoms with Crippen molar-refractivity contribution in [1.29, 1.82) is 0 Å². The zero-order valence-corrected chi connectivity index (χ0v) is 17.7. The van der Waals surface area contributed by atoms with E-state index in [9.17, 15) is 10.1 Å². The smallest absolute Gasteiger partial charge is 0.283 e. The van der Waals surface area contributed by atoms with Gasteiger partial charge < -0.3 is 4.84 Å². The van der Waals surface area contributed by atoms with Crippen LogP contribution < -0.4 is 0 Å². The Hall–Kier alpha value is -2.54. The van der Waals surface area contributed by atoms with Gasteiger partial charge in [-0.05, 0) is 42.8 Å². The highest BCUT2D eigenvalue weighted by Gasteiger charge is 2.15. The largest absolute Gasteiger partial charge is 0.391 e. The molecular weight excluding hydrogens is 431 g/mol. The van der Waals surface area contributed by atoms with Gasteiger partial charge in [-0.15, -0.1) is 0 Å². The lowest BCUT2D eigenvalue weighted by molar-refractivity contribution is -0.387. The van der Waals surface area contributed by atoms with Gasteiger partial charge in [0.05, 0.1) is 26.1 Å². The quantitative estimate of drug-likeness (QED) is 0.224. The van der Waals surface area contributed by atoms with Gasteiger partial charge in [0.2, 0.25) is 0 Å². The fraction of sp³-hybridized carbons (Fsp3) is 0.0952. The van der Waals surface area contributed by atoms with Gasteiger partial charge in [0.25, 0.3) is 5.69 Å². The second kappa shape index (κ2) is 9.78. The van der Waals surface area contributed by atoms with Crippen LogP contribution in [0.1, 0.15) is 16.7 Å². The SMILES string of the molecule is Cc1ccc(Sc2ccc(C=NOCc3ccc(Cl)c(Cl)c3)cc2[N+](=O)[O-])cc1. The molecule has 0 aliphatic rings. The molecule has 5 nitrogen and oxygen atoms in total. The second-order valence-corrected chi connectivity index (χ2v) is 8.09. The standard InChI is InChI=1S/C21H16Cl2N2O3S/c1-14-2-6-17(7-3-14)29-21-9-5-15(11-20(21)25(26)27)12-24-28-13-16-4-8-18(22)19(23)10-16/h2-12H,13H2,1H3. The lowest BCUT2D eigenvalue weighted by Crippen LogP contribution is -1.94. The molecule has 0 unspecified atom stereocenters. The van der Waals surface area contributed by atoms with Crippen LogP contribution in [-0.2, 0) is 11.4 Å². The molecule has 3 aromatic carbocycles. The van der Waals surface area contributed by atoms with E-state index in [1.807, 2.05) is 31.2 Å². The number of halogens is 2. The van der Waals surface area contributed by atoms with E-state index in [0.717, 1.165) is 16.0 Å². The highest BCUT2D eigenvalue weighted by molar-refractivity contribution is 7.99. The first-order valence-electron chi connectivity index (χ1n) is 8.54. The molecular formula is C21H16Cl2N2O3S. The van der Waals surface area contributed by atoms with Crippen molar-refractivity contribution in [1.82, 2.24) is 0 Å². The molecule has 0 radical (unpaired) electrons. The summed E-state index contributed by atoms with van der Waals surface area (Å²) in [5.41, 5.74) is 2.53. The minimum Gasteiger partial charge on any atom is -0.391 e. The number of nitro groups is 1. The van der Waals surface area contributed by atoms with Gasteiger partial charge in [-0.3, -0.25) is 10.1 Å². The fourth-order valence-electron chi connectivity index (χ4n) is 2.42. The molecule has 0 aliphatic carbocycles. The number of rotatable bonds is 7. The summed E-state index contributed by atoms with van der Waals surface area (Å²) in [5, 5.41) is 16.3. The molecule has 29 heavy (non-hydrogen) atoms. The third-order valence-corrected chi connectivity index (χ3v) is 5.73. The Morgan fingerprint density at radius 1 is 1.07 bits per heavy atom. The lowest BCUT2D eigenvalue weighted by atomic mass is 10.2. The second-order valence-electron chi connectivity index (χ2n) is 6.16. The third kappa shape index (κ3) is 5.97. The Kier molecular flexibility index (Phi) is 7.14. The molecule has 3 aromatic rings. The van der Waals surface area contributed by atoms with E-state index in [2.05, 4.69) is 5.16 Å². The Morgan fingerprint density at radius 2 is 1.83 bits per heavy atom. The number of aryl methyl sites for hydroxylation is 1. The van der Waals surface area contributed by atoms with Gasteiger partial charge in [-0.1, -0.05) is 69.9 Å². The van der Waals surface area contributed by atoms with Crippen molar-refractivity contribution < 1.29 is 9.76 Å². The van der Waals surface area contributed by atoms with Crippen molar-refractivity contribution in [2.24, 2.45) is 5.16 Å². The molecule has 0 amide bonds. The minimum atomic E-state index is -0.398. The monoisotopic (exact) mass is 446 g/mol. The maximum atomic E-state index is 11.5. The van der Waals surface area contributed by atoms with Crippen molar-refractivity contribution in [3.05, 3.63) is 97.5 Å². The summed E-state index contributed by atoms with van der Waals surface area (Å²) in [5.74, 6) is 0. The molecule has 3 rings (SSSR count). The molecule has 0 heterocycles. The highest BCUT2D eigenvalue weighted by atomic mass is 35.5. The predicted molar refractivity (Wildman–Crippen MR) is 117 cm³/mol. The highest BCUT2D eigenvalue weighted by Crippen LogP contribution is 2.35. The van der Waals surface area contributed by atoms with Gasteiger partial charge in [-0.2, -0.15) is 0 Å². The average molecular weight is 447 g/mol. The fourth-order valence-corrected chi connectivity index (χ4v) is 3.64. The van der Waals surface area contributed by atoms with Crippen molar-refractivity contribution >= 4 is 46.9 Å². The molecule has 0 fully saturated rings. The first-order chi connectivity index (χ1) is 13.9. The van der Waals surface area contributed by atoms with Gasteiger partial charge in [0.1, 0.15) is 6.61 Å². The average Bonchev–Trinajstić information content (AvgIpc) is 2.70. The Bertz CT molecular complexity index is 1060. The van der Waals surface area contributed by atoms with Crippen molar-refractivity contribution in [3.8, 4) is 0 Å².